The fourth-order valence-corrected chi connectivity index (χ4v) is 1.93. The molecule has 2 aromatic heterocycles. The number of rotatable bonds is 2. The molecule has 0 unspecified atom stereocenters. The third-order valence-corrected chi connectivity index (χ3v) is 2.75. The Kier molecular flexibility index (Phi) is 2.44. The quantitative estimate of drug-likeness (QED) is 0.751. The molecule has 0 amide bonds. The molecule has 19 heavy (non-hydrogen) atoms. The van der Waals surface area contributed by atoms with E-state index >= 15 is 0 Å². The molecule has 3 rings (SSSR count). The van der Waals surface area contributed by atoms with Gasteiger partial charge in [-0.1, -0.05) is 0 Å². The van der Waals surface area contributed by atoms with Crippen LogP contribution in [0.15, 0.2) is 18.5 Å². The van der Waals surface area contributed by atoms with Crippen LogP contribution in [0.4, 0.5) is 14.7 Å². The summed E-state index contributed by atoms with van der Waals surface area (Å²) in [6, 6.07) is 1.96. The third-order valence-electron chi connectivity index (χ3n) is 2.75. The summed E-state index contributed by atoms with van der Waals surface area (Å²) in [6.45, 7) is 0.200. The second kappa shape index (κ2) is 4.01. The third kappa shape index (κ3) is 1.90. The Bertz CT molecular complexity index is 760. The van der Waals surface area contributed by atoms with Crippen molar-refractivity contribution in [3.63, 3.8) is 0 Å². The van der Waals surface area contributed by atoms with Gasteiger partial charge >= 0.3 is 0 Å². The van der Waals surface area contributed by atoms with Crippen LogP contribution in [-0.2, 0) is 13.6 Å². The minimum atomic E-state index is -0.741. The minimum Gasteiger partial charge on any atom is -0.369 e. The number of aromatic nitrogens is 5. The molecule has 0 saturated carbocycles. The average Bonchev–Trinajstić information content (AvgIpc) is 2.87. The van der Waals surface area contributed by atoms with Gasteiger partial charge in [-0.15, -0.1) is 0 Å². The normalized spacial score (nSPS) is 11.3. The zero-order valence-electron chi connectivity index (χ0n) is 10.0. The molecule has 8 heteroatoms. The predicted molar refractivity (Wildman–Crippen MR) is 64.2 cm³/mol. The number of benzene rings is 1. The van der Waals surface area contributed by atoms with Gasteiger partial charge in [0, 0.05) is 19.2 Å². The summed E-state index contributed by atoms with van der Waals surface area (Å²) in [5.74, 6) is -0.848. The predicted octanol–water partition coefficient (Wildman–Crippen LogP) is 1.07. The number of aryl methyl sites for hydroxylation is 1. The highest BCUT2D eigenvalue weighted by Crippen LogP contribution is 2.22. The molecular weight excluding hydrogens is 254 g/mol. The molecule has 0 aliphatic carbocycles. The van der Waals surface area contributed by atoms with Gasteiger partial charge in [0.25, 0.3) is 0 Å². The van der Waals surface area contributed by atoms with Gasteiger partial charge in [-0.2, -0.15) is 5.10 Å². The van der Waals surface area contributed by atoms with E-state index < -0.39 is 11.6 Å². The Hall–Kier alpha value is -2.51. The first kappa shape index (κ1) is 11.6. The van der Waals surface area contributed by atoms with E-state index in [2.05, 4.69) is 15.1 Å². The lowest BCUT2D eigenvalue weighted by atomic mass is 10.3. The van der Waals surface area contributed by atoms with Crippen molar-refractivity contribution >= 4 is 17.0 Å². The van der Waals surface area contributed by atoms with Crippen LogP contribution < -0.4 is 5.73 Å². The molecule has 6 nitrogen and oxygen atoms in total. The highest BCUT2D eigenvalue weighted by atomic mass is 19.1. The molecule has 0 atom stereocenters. The van der Waals surface area contributed by atoms with Crippen LogP contribution in [-0.4, -0.2) is 24.3 Å². The summed E-state index contributed by atoms with van der Waals surface area (Å²) >= 11 is 0. The lowest BCUT2D eigenvalue weighted by Crippen LogP contribution is -2.06. The van der Waals surface area contributed by atoms with E-state index in [9.17, 15) is 8.78 Å². The maximum absolute atomic E-state index is 13.6. The number of hydrogen-bond donors (Lipinski definition) is 1. The molecule has 0 saturated heterocycles. The van der Waals surface area contributed by atoms with Crippen molar-refractivity contribution in [2.24, 2.45) is 7.05 Å². The summed E-state index contributed by atoms with van der Waals surface area (Å²) < 4.78 is 29.9. The van der Waals surface area contributed by atoms with Crippen molar-refractivity contribution in [2.45, 2.75) is 6.54 Å². The number of nitrogen functional groups attached to an aromatic ring is 1. The van der Waals surface area contributed by atoms with E-state index in [1.165, 1.54) is 21.6 Å². The number of imidazole rings is 1. The van der Waals surface area contributed by atoms with Gasteiger partial charge in [0.2, 0.25) is 5.95 Å². The zero-order chi connectivity index (χ0) is 13.6. The Morgan fingerprint density at radius 2 is 2.11 bits per heavy atom. The number of halogens is 2. The summed E-state index contributed by atoms with van der Waals surface area (Å²) in [5, 5.41) is 4.09. The van der Waals surface area contributed by atoms with E-state index in [1.54, 1.807) is 7.05 Å². The number of hydrogen-bond acceptors (Lipinski definition) is 4. The van der Waals surface area contributed by atoms with Crippen LogP contribution in [0.5, 0.6) is 0 Å². The van der Waals surface area contributed by atoms with Gasteiger partial charge in [-0.25, -0.2) is 18.7 Å². The zero-order valence-corrected chi connectivity index (χ0v) is 10.0. The maximum atomic E-state index is 13.6. The molecule has 0 aliphatic rings. The van der Waals surface area contributed by atoms with Crippen molar-refractivity contribution in [3.8, 4) is 0 Å². The van der Waals surface area contributed by atoms with Crippen LogP contribution in [0, 0.1) is 11.6 Å². The van der Waals surface area contributed by atoms with Crippen LogP contribution in [0.3, 0.4) is 0 Å². The van der Waals surface area contributed by atoms with Crippen molar-refractivity contribution in [1.82, 2.24) is 24.3 Å². The summed E-state index contributed by atoms with van der Waals surface area (Å²) in [7, 11) is 1.73. The molecule has 0 aliphatic heterocycles. The SMILES string of the molecule is Cn1cnc(Cn2c(N)nc3c(F)cc(F)cc32)n1. The fraction of sp³-hybridized carbons (Fsp3) is 0.182. The molecule has 0 fully saturated rings. The highest BCUT2D eigenvalue weighted by molar-refractivity contribution is 5.79. The fourth-order valence-electron chi connectivity index (χ4n) is 1.93. The molecule has 2 heterocycles. The topological polar surface area (TPSA) is 74.5 Å². The number of nitrogens with zero attached hydrogens (tertiary/aromatic N) is 5. The molecular formula is C11H10F2N6. The van der Waals surface area contributed by atoms with Crippen LogP contribution >= 0.6 is 0 Å². The van der Waals surface area contributed by atoms with Gasteiger partial charge < -0.3 is 10.3 Å². The lowest BCUT2D eigenvalue weighted by molar-refractivity contribution is 0.590. The average molecular weight is 264 g/mol. The van der Waals surface area contributed by atoms with E-state index in [4.69, 9.17) is 5.73 Å². The number of anilines is 1. The van der Waals surface area contributed by atoms with E-state index in [-0.39, 0.29) is 23.5 Å². The van der Waals surface area contributed by atoms with Crippen LogP contribution in [0.2, 0.25) is 0 Å². The van der Waals surface area contributed by atoms with Crippen LogP contribution in [0.25, 0.3) is 11.0 Å². The smallest absolute Gasteiger partial charge is 0.201 e. The first-order valence-electron chi connectivity index (χ1n) is 5.50. The summed E-state index contributed by atoms with van der Waals surface area (Å²) in [5.41, 5.74) is 6.04. The summed E-state index contributed by atoms with van der Waals surface area (Å²) in [6.07, 6.45) is 1.53. The second-order valence-corrected chi connectivity index (χ2v) is 4.15. The van der Waals surface area contributed by atoms with Gasteiger partial charge in [0.15, 0.2) is 11.6 Å². The molecule has 1 aromatic carbocycles. The van der Waals surface area contributed by atoms with E-state index in [0.29, 0.717) is 5.82 Å². The lowest BCUT2D eigenvalue weighted by Gasteiger charge is -2.03. The van der Waals surface area contributed by atoms with Crippen molar-refractivity contribution < 1.29 is 8.78 Å². The van der Waals surface area contributed by atoms with Gasteiger partial charge in [0.05, 0.1) is 12.1 Å². The number of nitrogens with two attached hydrogens (primary N) is 1. The molecule has 0 radical (unpaired) electrons. The van der Waals surface area contributed by atoms with Gasteiger partial charge in [0.1, 0.15) is 17.7 Å². The Morgan fingerprint density at radius 1 is 1.32 bits per heavy atom. The van der Waals surface area contributed by atoms with Gasteiger partial charge in [-0.05, 0) is 0 Å². The second-order valence-electron chi connectivity index (χ2n) is 4.15. The van der Waals surface area contributed by atoms with Crippen molar-refractivity contribution in [1.29, 1.82) is 0 Å². The molecule has 0 bridgehead atoms. The first-order valence-corrected chi connectivity index (χ1v) is 5.50. The van der Waals surface area contributed by atoms with E-state index in [1.807, 2.05) is 0 Å². The summed E-state index contributed by atoms with van der Waals surface area (Å²) in [4.78, 5) is 7.94. The highest BCUT2D eigenvalue weighted by Gasteiger charge is 2.15. The van der Waals surface area contributed by atoms with E-state index in [0.717, 1.165) is 6.07 Å². The molecule has 2 N–H and O–H groups in total. The van der Waals surface area contributed by atoms with Crippen molar-refractivity contribution in [2.75, 3.05) is 5.73 Å². The Balaban J connectivity index is 2.15. The molecule has 3 aromatic rings. The minimum absolute atomic E-state index is 0.0369. The maximum Gasteiger partial charge on any atom is 0.201 e. The Morgan fingerprint density at radius 3 is 2.79 bits per heavy atom. The standard InChI is InChI=1S/C11H10F2N6/c1-18-5-15-9(17-18)4-19-8-3-6(12)2-7(13)10(8)16-11(19)14/h2-3,5H,4H2,1H3,(H2,14,16). The van der Waals surface area contributed by atoms with Crippen LogP contribution in [0.1, 0.15) is 5.82 Å². The number of fused-ring (bicyclic) bond motifs is 1. The van der Waals surface area contributed by atoms with Gasteiger partial charge in [-0.3, -0.25) is 4.68 Å². The Labute approximate surface area is 106 Å². The molecule has 0 spiro atoms. The molecule has 98 valence electrons. The monoisotopic (exact) mass is 264 g/mol. The first-order chi connectivity index (χ1) is 9.04. The van der Waals surface area contributed by atoms with Crippen molar-refractivity contribution in [3.05, 3.63) is 35.9 Å². The largest absolute Gasteiger partial charge is 0.369 e.